The van der Waals surface area contributed by atoms with Crippen LogP contribution in [0.25, 0.3) is 0 Å². The zero-order valence-electron chi connectivity index (χ0n) is 19.7. The second kappa shape index (κ2) is 11.4. The molecule has 9 nitrogen and oxygen atoms in total. The molecule has 2 aromatic rings. The van der Waals surface area contributed by atoms with Gasteiger partial charge in [-0.2, -0.15) is 15.0 Å². The van der Waals surface area contributed by atoms with E-state index in [4.69, 9.17) is 23.2 Å². The number of rotatable bonds is 7. The number of aromatic nitrogens is 3. The van der Waals surface area contributed by atoms with Gasteiger partial charge in [-0.05, 0) is 50.4 Å². The SMILES string of the molecule is CNc1nc(N[C@H]2CC[C@H](C(=O)NCc3ccc(Cl)cc3Cl)CC2)nc(N2CCN(C)CC2)n1. The Hall–Kier alpha value is -2.36. The number of likely N-dealkylation sites (N-methyl/N-ethyl adjacent to an activating group) is 1. The average Bonchev–Trinajstić information content (AvgIpc) is 2.84. The molecule has 1 aromatic carbocycles. The summed E-state index contributed by atoms with van der Waals surface area (Å²) in [6.45, 7) is 4.16. The molecular formula is C23H32Cl2N8O. The third kappa shape index (κ3) is 6.40. The Morgan fingerprint density at radius 2 is 1.74 bits per heavy atom. The van der Waals surface area contributed by atoms with Crippen molar-refractivity contribution in [2.24, 2.45) is 5.92 Å². The molecule has 0 spiro atoms. The molecule has 1 saturated heterocycles. The second-order valence-corrected chi connectivity index (χ2v) is 9.81. The van der Waals surface area contributed by atoms with E-state index in [-0.39, 0.29) is 17.9 Å². The van der Waals surface area contributed by atoms with Crippen molar-refractivity contribution in [1.82, 2.24) is 25.2 Å². The summed E-state index contributed by atoms with van der Waals surface area (Å²) in [5.41, 5.74) is 0.862. The van der Waals surface area contributed by atoms with E-state index in [0.717, 1.165) is 57.4 Å². The number of anilines is 3. The first-order valence-electron chi connectivity index (χ1n) is 11.8. The Balaban J connectivity index is 1.29. The molecule has 11 heteroatoms. The van der Waals surface area contributed by atoms with Crippen LogP contribution in [0.3, 0.4) is 0 Å². The van der Waals surface area contributed by atoms with Crippen molar-refractivity contribution in [2.45, 2.75) is 38.3 Å². The van der Waals surface area contributed by atoms with Crippen LogP contribution >= 0.6 is 23.2 Å². The van der Waals surface area contributed by atoms with Gasteiger partial charge in [-0.3, -0.25) is 4.79 Å². The summed E-state index contributed by atoms with van der Waals surface area (Å²) < 4.78 is 0. The minimum Gasteiger partial charge on any atom is -0.357 e. The van der Waals surface area contributed by atoms with Crippen molar-refractivity contribution >= 4 is 47.0 Å². The Morgan fingerprint density at radius 3 is 2.41 bits per heavy atom. The first kappa shape index (κ1) is 24.8. The third-order valence-electron chi connectivity index (χ3n) is 6.53. The van der Waals surface area contributed by atoms with Gasteiger partial charge in [0.05, 0.1) is 0 Å². The molecule has 1 aliphatic carbocycles. The van der Waals surface area contributed by atoms with Gasteiger partial charge in [-0.25, -0.2) is 0 Å². The van der Waals surface area contributed by atoms with Gasteiger partial charge in [0.2, 0.25) is 23.8 Å². The lowest BCUT2D eigenvalue weighted by Gasteiger charge is -2.33. The predicted octanol–water partition coefficient (Wildman–Crippen LogP) is 3.26. The minimum absolute atomic E-state index is 0.00347. The van der Waals surface area contributed by atoms with Gasteiger partial charge in [0.1, 0.15) is 0 Å². The molecule has 1 aliphatic heterocycles. The molecule has 0 bridgehead atoms. The zero-order chi connectivity index (χ0) is 24.1. The Kier molecular flexibility index (Phi) is 8.28. The third-order valence-corrected chi connectivity index (χ3v) is 7.12. The van der Waals surface area contributed by atoms with Crippen LogP contribution in [0, 0.1) is 5.92 Å². The Labute approximate surface area is 210 Å². The smallest absolute Gasteiger partial charge is 0.232 e. The fourth-order valence-electron chi connectivity index (χ4n) is 4.36. The molecule has 2 heterocycles. The van der Waals surface area contributed by atoms with E-state index in [0.29, 0.717) is 34.4 Å². The highest BCUT2D eigenvalue weighted by Gasteiger charge is 2.27. The van der Waals surface area contributed by atoms with Gasteiger partial charge >= 0.3 is 0 Å². The molecule has 1 saturated carbocycles. The van der Waals surface area contributed by atoms with E-state index in [1.165, 1.54) is 0 Å². The standard InChI is InChI=1S/C23H32Cl2N8O/c1-26-21-29-22(31-23(30-21)33-11-9-32(2)10-12-33)28-18-7-4-15(5-8-18)20(34)27-14-16-3-6-17(24)13-19(16)25/h3,6,13,15,18H,4-5,7-12,14H2,1-2H3,(H,27,34)(H2,26,28,29,30,31)/t15-,18-. The van der Waals surface area contributed by atoms with E-state index >= 15 is 0 Å². The molecule has 0 radical (unpaired) electrons. The highest BCUT2D eigenvalue weighted by molar-refractivity contribution is 6.35. The lowest BCUT2D eigenvalue weighted by atomic mass is 9.85. The Bertz CT molecular complexity index is 991. The summed E-state index contributed by atoms with van der Waals surface area (Å²) in [7, 11) is 3.94. The van der Waals surface area contributed by atoms with Gasteiger partial charge in [0.15, 0.2) is 0 Å². The van der Waals surface area contributed by atoms with Crippen LogP contribution in [0.1, 0.15) is 31.2 Å². The Morgan fingerprint density at radius 1 is 1.03 bits per heavy atom. The van der Waals surface area contributed by atoms with E-state index < -0.39 is 0 Å². The number of carbonyl (C=O) groups is 1. The minimum atomic E-state index is -0.00347. The van der Waals surface area contributed by atoms with Gasteiger partial charge in [0, 0.05) is 61.8 Å². The quantitative estimate of drug-likeness (QED) is 0.526. The maximum atomic E-state index is 12.7. The number of carbonyl (C=O) groups excluding carboxylic acids is 1. The molecule has 0 unspecified atom stereocenters. The van der Waals surface area contributed by atoms with Crippen molar-refractivity contribution in [1.29, 1.82) is 0 Å². The van der Waals surface area contributed by atoms with Crippen molar-refractivity contribution in [3.05, 3.63) is 33.8 Å². The molecule has 3 N–H and O–H groups in total. The van der Waals surface area contributed by atoms with Crippen molar-refractivity contribution in [3.63, 3.8) is 0 Å². The maximum absolute atomic E-state index is 12.7. The van der Waals surface area contributed by atoms with Gasteiger partial charge in [-0.15, -0.1) is 0 Å². The van der Waals surface area contributed by atoms with Crippen LogP contribution in [0.4, 0.5) is 17.8 Å². The number of amides is 1. The molecule has 2 fully saturated rings. The van der Waals surface area contributed by atoms with Crippen molar-refractivity contribution < 1.29 is 4.79 Å². The lowest BCUT2D eigenvalue weighted by molar-refractivity contribution is -0.126. The number of halogens is 2. The largest absolute Gasteiger partial charge is 0.357 e. The van der Waals surface area contributed by atoms with E-state index in [1.54, 1.807) is 12.1 Å². The number of hydrogen-bond donors (Lipinski definition) is 3. The van der Waals surface area contributed by atoms with Crippen LogP contribution in [-0.4, -0.2) is 72.1 Å². The number of nitrogens with zero attached hydrogens (tertiary/aromatic N) is 5. The predicted molar refractivity (Wildman–Crippen MR) is 137 cm³/mol. The molecule has 1 amide bonds. The first-order chi connectivity index (χ1) is 16.4. The van der Waals surface area contributed by atoms with Crippen LogP contribution in [0.5, 0.6) is 0 Å². The summed E-state index contributed by atoms with van der Waals surface area (Å²) >= 11 is 12.2. The summed E-state index contributed by atoms with van der Waals surface area (Å²) in [5.74, 6) is 1.90. The van der Waals surface area contributed by atoms with Crippen LogP contribution in [0.15, 0.2) is 18.2 Å². The first-order valence-corrected chi connectivity index (χ1v) is 12.5. The molecule has 2 aliphatic rings. The van der Waals surface area contributed by atoms with E-state index in [2.05, 4.69) is 47.7 Å². The highest BCUT2D eigenvalue weighted by Crippen LogP contribution is 2.27. The molecule has 4 rings (SSSR count). The van der Waals surface area contributed by atoms with E-state index in [1.807, 2.05) is 13.1 Å². The number of nitrogens with one attached hydrogen (secondary N) is 3. The number of piperazine rings is 1. The molecule has 34 heavy (non-hydrogen) atoms. The topological polar surface area (TPSA) is 98.3 Å². The van der Waals surface area contributed by atoms with Gasteiger partial charge in [-0.1, -0.05) is 29.3 Å². The lowest BCUT2D eigenvalue weighted by Crippen LogP contribution is -2.45. The molecule has 0 atom stereocenters. The van der Waals surface area contributed by atoms with Crippen molar-refractivity contribution in [2.75, 3.05) is 55.8 Å². The maximum Gasteiger partial charge on any atom is 0.232 e. The van der Waals surface area contributed by atoms with Crippen LogP contribution in [0.2, 0.25) is 10.0 Å². The van der Waals surface area contributed by atoms with Gasteiger partial charge < -0.3 is 25.8 Å². The average molecular weight is 507 g/mol. The highest BCUT2D eigenvalue weighted by atomic mass is 35.5. The fraction of sp³-hybridized carbons (Fsp3) is 0.565. The normalized spacial score (nSPS) is 21.2. The molecular weight excluding hydrogens is 475 g/mol. The fourth-order valence-corrected chi connectivity index (χ4v) is 4.84. The van der Waals surface area contributed by atoms with Crippen LogP contribution in [-0.2, 0) is 11.3 Å². The molecule has 1 aromatic heterocycles. The van der Waals surface area contributed by atoms with Crippen molar-refractivity contribution in [3.8, 4) is 0 Å². The summed E-state index contributed by atoms with van der Waals surface area (Å²) in [6, 6.07) is 5.54. The summed E-state index contributed by atoms with van der Waals surface area (Å²) in [5, 5.41) is 10.7. The van der Waals surface area contributed by atoms with Crippen LogP contribution < -0.4 is 20.9 Å². The van der Waals surface area contributed by atoms with Gasteiger partial charge in [0.25, 0.3) is 0 Å². The number of hydrogen-bond acceptors (Lipinski definition) is 8. The zero-order valence-corrected chi connectivity index (χ0v) is 21.2. The summed E-state index contributed by atoms with van der Waals surface area (Å²) in [4.78, 5) is 30.9. The van der Waals surface area contributed by atoms with E-state index in [9.17, 15) is 4.79 Å². The number of benzene rings is 1. The summed E-state index contributed by atoms with van der Waals surface area (Å²) in [6.07, 6.45) is 3.38. The monoisotopic (exact) mass is 506 g/mol. The molecule has 184 valence electrons. The second-order valence-electron chi connectivity index (χ2n) is 8.97.